The topological polar surface area (TPSA) is 40.6 Å². The van der Waals surface area contributed by atoms with Crippen LogP contribution in [0.5, 0.6) is 0 Å². The van der Waals surface area contributed by atoms with Gasteiger partial charge in [-0.3, -0.25) is 0 Å². The molecule has 1 aliphatic heterocycles. The van der Waals surface area contributed by atoms with Gasteiger partial charge in [0.2, 0.25) is 0 Å². The van der Waals surface area contributed by atoms with Crippen LogP contribution in [0, 0.1) is 12.8 Å². The number of hydrogen-bond donors (Lipinski definition) is 0. The summed E-state index contributed by atoms with van der Waals surface area (Å²) < 4.78 is 27.1. The molecule has 0 aromatic carbocycles. The summed E-state index contributed by atoms with van der Waals surface area (Å²) in [5.41, 5.74) is 1.05. The van der Waals surface area contributed by atoms with E-state index in [9.17, 15) is 8.42 Å². The first kappa shape index (κ1) is 15.9. The van der Waals surface area contributed by atoms with Crippen LogP contribution in [0.25, 0.3) is 0 Å². The molecule has 1 aromatic rings. The SMILES string of the molecule is Cc1csc(S(=O)(=O)N(C)CC2CCN(C)C2(C)C)c1. The van der Waals surface area contributed by atoms with E-state index in [1.807, 2.05) is 12.3 Å². The Hall–Kier alpha value is -0.430. The van der Waals surface area contributed by atoms with Crippen molar-refractivity contribution in [2.75, 3.05) is 27.2 Å². The van der Waals surface area contributed by atoms with E-state index < -0.39 is 10.0 Å². The maximum atomic E-state index is 12.5. The lowest BCUT2D eigenvalue weighted by Gasteiger charge is -2.35. The third kappa shape index (κ3) is 2.79. The smallest absolute Gasteiger partial charge is 0.252 e. The zero-order valence-electron chi connectivity index (χ0n) is 12.9. The summed E-state index contributed by atoms with van der Waals surface area (Å²) in [5.74, 6) is 0.369. The predicted molar refractivity (Wildman–Crippen MR) is 83.7 cm³/mol. The number of hydrogen-bond acceptors (Lipinski definition) is 4. The maximum absolute atomic E-state index is 12.5. The molecule has 1 fully saturated rings. The molecule has 0 saturated carbocycles. The van der Waals surface area contributed by atoms with E-state index >= 15 is 0 Å². The van der Waals surface area contributed by atoms with Crippen molar-refractivity contribution >= 4 is 21.4 Å². The highest BCUT2D eigenvalue weighted by atomic mass is 32.2. The highest BCUT2D eigenvalue weighted by Crippen LogP contribution is 2.34. The van der Waals surface area contributed by atoms with Gasteiger partial charge in [-0.25, -0.2) is 8.42 Å². The number of nitrogens with zero attached hydrogens (tertiary/aromatic N) is 2. The van der Waals surface area contributed by atoms with Crippen LogP contribution < -0.4 is 0 Å². The fourth-order valence-electron chi connectivity index (χ4n) is 2.72. The Morgan fingerprint density at radius 1 is 1.50 bits per heavy atom. The number of rotatable bonds is 4. The van der Waals surface area contributed by atoms with Crippen molar-refractivity contribution in [2.45, 2.75) is 36.9 Å². The van der Waals surface area contributed by atoms with Gasteiger partial charge in [0, 0.05) is 19.1 Å². The van der Waals surface area contributed by atoms with Gasteiger partial charge in [-0.1, -0.05) is 0 Å². The quantitative estimate of drug-likeness (QED) is 0.856. The van der Waals surface area contributed by atoms with Gasteiger partial charge < -0.3 is 4.90 Å². The molecule has 1 saturated heterocycles. The lowest BCUT2D eigenvalue weighted by atomic mass is 9.88. The van der Waals surface area contributed by atoms with Crippen LogP contribution in [-0.2, 0) is 10.0 Å². The highest BCUT2D eigenvalue weighted by Gasteiger charge is 2.40. The fraction of sp³-hybridized carbons (Fsp3) is 0.714. The van der Waals surface area contributed by atoms with Crippen LogP contribution in [-0.4, -0.2) is 50.3 Å². The number of sulfonamides is 1. The molecule has 0 amide bonds. The molecule has 20 heavy (non-hydrogen) atoms. The molecule has 114 valence electrons. The molecule has 1 aromatic heterocycles. The lowest BCUT2D eigenvalue weighted by molar-refractivity contribution is 0.160. The Morgan fingerprint density at radius 3 is 2.60 bits per heavy atom. The third-order valence-corrected chi connectivity index (χ3v) is 8.00. The summed E-state index contributed by atoms with van der Waals surface area (Å²) in [6.45, 7) is 7.92. The molecule has 0 N–H and O–H groups in total. The van der Waals surface area contributed by atoms with Gasteiger partial charge in [0.1, 0.15) is 4.21 Å². The molecule has 2 heterocycles. The minimum absolute atomic E-state index is 0.0507. The first-order valence-corrected chi connectivity index (χ1v) is 9.20. The molecule has 2 rings (SSSR count). The van der Waals surface area contributed by atoms with Gasteiger partial charge in [-0.2, -0.15) is 4.31 Å². The van der Waals surface area contributed by atoms with Gasteiger partial charge in [-0.15, -0.1) is 11.3 Å². The van der Waals surface area contributed by atoms with E-state index in [-0.39, 0.29) is 5.54 Å². The Bertz CT molecular complexity index is 578. The summed E-state index contributed by atoms with van der Waals surface area (Å²) in [4.78, 5) is 2.31. The average molecular weight is 316 g/mol. The van der Waals surface area contributed by atoms with Crippen molar-refractivity contribution in [3.63, 3.8) is 0 Å². The second-order valence-electron chi connectivity index (χ2n) is 6.29. The highest BCUT2D eigenvalue weighted by molar-refractivity contribution is 7.91. The summed E-state index contributed by atoms with van der Waals surface area (Å²) >= 11 is 1.30. The van der Waals surface area contributed by atoms with Gasteiger partial charge in [0.15, 0.2) is 0 Å². The van der Waals surface area contributed by atoms with Gasteiger partial charge >= 0.3 is 0 Å². The minimum atomic E-state index is -3.34. The minimum Gasteiger partial charge on any atom is -0.301 e. The first-order valence-electron chi connectivity index (χ1n) is 6.88. The van der Waals surface area contributed by atoms with Crippen LogP contribution >= 0.6 is 11.3 Å². The average Bonchev–Trinajstić information content (AvgIpc) is 2.89. The van der Waals surface area contributed by atoms with Crippen molar-refractivity contribution in [1.29, 1.82) is 0 Å². The Morgan fingerprint density at radius 2 is 2.15 bits per heavy atom. The molecule has 6 heteroatoms. The fourth-order valence-corrected chi connectivity index (χ4v) is 5.37. The summed E-state index contributed by atoms with van der Waals surface area (Å²) in [5, 5.41) is 1.88. The third-order valence-electron chi connectivity index (χ3n) is 4.64. The summed E-state index contributed by atoms with van der Waals surface area (Å²) in [6.07, 6.45) is 1.05. The van der Waals surface area contributed by atoms with E-state index in [1.54, 1.807) is 13.1 Å². The van der Waals surface area contributed by atoms with Crippen LogP contribution in [0.3, 0.4) is 0 Å². The van der Waals surface area contributed by atoms with Crippen LogP contribution in [0.4, 0.5) is 0 Å². The molecule has 0 spiro atoms. The molecule has 0 radical (unpaired) electrons. The normalized spacial score (nSPS) is 23.6. The Kier molecular flexibility index (Phi) is 4.31. The van der Waals surface area contributed by atoms with Gasteiger partial charge in [0.25, 0.3) is 10.0 Å². The predicted octanol–water partition coefficient (Wildman–Crippen LogP) is 2.41. The molecule has 0 bridgehead atoms. The standard InChI is InChI=1S/C14H24N2O2S2/c1-11-8-13(19-10-11)20(17,18)16(5)9-12-6-7-15(4)14(12,2)3/h8,10,12H,6-7,9H2,1-5H3. The van der Waals surface area contributed by atoms with Crippen molar-refractivity contribution < 1.29 is 8.42 Å². The lowest BCUT2D eigenvalue weighted by Crippen LogP contribution is -2.44. The number of likely N-dealkylation sites (tertiary alicyclic amines) is 1. The summed E-state index contributed by atoms with van der Waals surface area (Å²) in [6, 6.07) is 1.75. The largest absolute Gasteiger partial charge is 0.301 e. The monoisotopic (exact) mass is 316 g/mol. The zero-order valence-corrected chi connectivity index (χ0v) is 14.5. The second kappa shape index (κ2) is 5.40. The molecule has 1 unspecified atom stereocenters. The molecular weight excluding hydrogens is 292 g/mol. The van der Waals surface area contributed by atoms with Gasteiger partial charge in [0.05, 0.1) is 0 Å². The van der Waals surface area contributed by atoms with Crippen LogP contribution in [0.15, 0.2) is 15.7 Å². The number of thiophene rings is 1. The van der Waals surface area contributed by atoms with E-state index in [4.69, 9.17) is 0 Å². The molecular formula is C14H24N2O2S2. The second-order valence-corrected chi connectivity index (χ2v) is 9.47. The van der Waals surface area contributed by atoms with E-state index in [0.717, 1.165) is 18.5 Å². The molecule has 4 nitrogen and oxygen atoms in total. The Balaban J connectivity index is 2.14. The molecule has 0 aliphatic carbocycles. The zero-order chi connectivity index (χ0) is 15.1. The molecule has 1 atom stereocenters. The summed E-state index contributed by atoms with van der Waals surface area (Å²) in [7, 11) is 0.462. The van der Waals surface area contributed by atoms with E-state index in [1.165, 1.54) is 15.6 Å². The van der Waals surface area contributed by atoms with E-state index in [0.29, 0.717) is 16.7 Å². The Labute approximate surface area is 126 Å². The first-order chi connectivity index (χ1) is 9.15. The van der Waals surface area contributed by atoms with Gasteiger partial charge in [-0.05, 0) is 63.7 Å². The maximum Gasteiger partial charge on any atom is 0.252 e. The van der Waals surface area contributed by atoms with Crippen molar-refractivity contribution in [2.24, 2.45) is 5.92 Å². The van der Waals surface area contributed by atoms with Crippen molar-refractivity contribution in [3.05, 3.63) is 17.0 Å². The van der Waals surface area contributed by atoms with Crippen LogP contribution in [0.2, 0.25) is 0 Å². The van der Waals surface area contributed by atoms with Crippen molar-refractivity contribution in [3.8, 4) is 0 Å². The van der Waals surface area contributed by atoms with Crippen LogP contribution in [0.1, 0.15) is 25.8 Å². The molecule has 1 aliphatic rings. The number of aryl methyl sites for hydroxylation is 1. The van der Waals surface area contributed by atoms with Crippen molar-refractivity contribution in [1.82, 2.24) is 9.21 Å². The van der Waals surface area contributed by atoms with E-state index in [2.05, 4.69) is 25.8 Å².